The van der Waals surface area contributed by atoms with Gasteiger partial charge in [0, 0.05) is 0 Å². The van der Waals surface area contributed by atoms with Crippen molar-refractivity contribution in [3.63, 3.8) is 0 Å². The summed E-state index contributed by atoms with van der Waals surface area (Å²) < 4.78 is 5.48. The van der Waals surface area contributed by atoms with Crippen LogP contribution < -0.4 is 0 Å². The lowest BCUT2D eigenvalue weighted by Crippen LogP contribution is -2.21. The van der Waals surface area contributed by atoms with Crippen LogP contribution in [-0.4, -0.2) is 12.2 Å². The molecule has 1 aliphatic carbocycles. The number of fused-ring (bicyclic) bond motifs is 1. The molecule has 0 aromatic carbocycles. The normalized spacial score (nSPS) is 52.2. The van der Waals surface area contributed by atoms with Crippen LogP contribution in [0.25, 0.3) is 0 Å². The predicted molar refractivity (Wildman–Crippen MR) is 40.8 cm³/mol. The lowest BCUT2D eigenvalue weighted by atomic mass is 9.79. The first-order valence-corrected chi connectivity index (χ1v) is 4.46. The molecule has 2 fully saturated rings. The molecule has 0 amide bonds. The Bertz CT molecular complexity index is 133. The third-order valence-corrected chi connectivity index (χ3v) is 3.16. The minimum atomic E-state index is 0.665. The van der Waals surface area contributed by atoms with Gasteiger partial charge in [-0.2, -0.15) is 0 Å². The van der Waals surface area contributed by atoms with Crippen LogP contribution in [0.1, 0.15) is 33.1 Å². The van der Waals surface area contributed by atoms with Gasteiger partial charge in [0.25, 0.3) is 0 Å². The number of rotatable bonds is 1. The molecule has 58 valence electrons. The Morgan fingerprint density at radius 3 is 2.70 bits per heavy atom. The topological polar surface area (TPSA) is 12.5 Å². The van der Waals surface area contributed by atoms with Crippen LogP contribution >= 0.6 is 0 Å². The summed E-state index contributed by atoms with van der Waals surface area (Å²) in [5.74, 6) is 1.86. The largest absolute Gasteiger partial charge is 0.370 e. The molecule has 0 spiro atoms. The van der Waals surface area contributed by atoms with Crippen molar-refractivity contribution in [1.82, 2.24) is 0 Å². The predicted octanol–water partition coefficient (Wildman–Crippen LogP) is 2.21. The van der Waals surface area contributed by atoms with Crippen LogP contribution in [0, 0.1) is 11.8 Å². The summed E-state index contributed by atoms with van der Waals surface area (Å²) >= 11 is 0. The smallest absolute Gasteiger partial charge is 0.0844 e. The fraction of sp³-hybridized carbons (Fsp3) is 1.00. The van der Waals surface area contributed by atoms with E-state index < -0.39 is 0 Å². The Morgan fingerprint density at radius 1 is 1.30 bits per heavy atom. The molecule has 0 bridgehead atoms. The molecule has 4 atom stereocenters. The van der Waals surface area contributed by atoms with Gasteiger partial charge in [-0.1, -0.05) is 20.3 Å². The number of ether oxygens (including phenoxy) is 1. The molecular formula is C9H16O. The van der Waals surface area contributed by atoms with Gasteiger partial charge in [-0.05, 0) is 24.7 Å². The fourth-order valence-corrected chi connectivity index (χ4v) is 2.25. The molecule has 10 heavy (non-hydrogen) atoms. The molecule has 2 aliphatic rings. The van der Waals surface area contributed by atoms with Gasteiger partial charge in [-0.3, -0.25) is 0 Å². The average Bonchev–Trinajstić information content (AvgIpc) is 2.64. The summed E-state index contributed by atoms with van der Waals surface area (Å²) in [6.07, 6.45) is 5.33. The minimum Gasteiger partial charge on any atom is -0.370 e. The van der Waals surface area contributed by atoms with Gasteiger partial charge >= 0.3 is 0 Å². The lowest BCUT2D eigenvalue weighted by Gasteiger charge is -2.24. The minimum absolute atomic E-state index is 0.665. The van der Waals surface area contributed by atoms with Crippen LogP contribution in [0.5, 0.6) is 0 Å². The second-order valence-corrected chi connectivity index (χ2v) is 3.83. The molecule has 1 heterocycles. The van der Waals surface area contributed by atoms with E-state index in [0.29, 0.717) is 12.2 Å². The van der Waals surface area contributed by atoms with Crippen LogP contribution in [0.15, 0.2) is 0 Å². The van der Waals surface area contributed by atoms with Crippen molar-refractivity contribution in [2.75, 3.05) is 0 Å². The molecule has 1 saturated carbocycles. The maximum Gasteiger partial charge on any atom is 0.0844 e. The highest BCUT2D eigenvalue weighted by Gasteiger charge is 2.46. The highest BCUT2D eigenvalue weighted by Crippen LogP contribution is 2.43. The highest BCUT2D eigenvalue weighted by molar-refractivity contribution is 4.94. The SMILES string of the molecule is CCC1CC2OC2CC1C. The molecule has 4 unspecified atom stereocenters. The van der Waals surface area contributed by atoms with E-state index in [-0.39, 0.29) is 0 Å². The Kier molecular flexibility index (Phi) is 1.48. The standard InChI is InChI=1S/C9H16O/c1-3-7-5-9-8(10-9)4-6(7)2/h6-9H,3-5H2,1-2H3. The average molecular weight is 140 g/mol. The van der Waals surface area contributed by atoms with Crippen molar-refractivity contribution in [2.24, 2.45) is 11.8 Å². The molecule has 1 heteroatoms. The molecule has 1 saturated heterocycles. The molecular weight excluding hydrogens is 124 g/mol. The Balaban J connectivity index is 1.94. The van der Waals surface area contributed by atoms with E-state index in [1.54, 1.807) is 0 Å². The summed E-state index contributed by atoms with van der Waals surface area (Å²) in [7, 11) is 0. The number of hydrogen-bond donors (Lipinski definition) is 0. The maximum absolute atomic E-state index is 5.48. The van der Waals surface area contributed by atoms with E-state index in [1.165, 1.54) is 19.3 Å². The molecule has 1 nitrogen and oxygen atoms in total. The fourth-order valence-electron chi connectivity index (χ4n) is 2.25. The van der Waals surface area contributed by atoms with E-state index in [0.717, 1.165) is 11.8 Å². The Hall–Kier alpha value is -0.0400. The van der Waals surface area contributed by atoms with Crippen molar-refractivity contribution in [3.8, 4) is 0 Å². The maximum atomic E-state index is 5.48. The third-order valence-electron chi connectivity index (χ3n) is 3.16. The monoisotopic (exact) mass is 140 g/mol. The zero-order valence-corrected chi connectivity index (χ0v) is 6.84. The van der Waals surface area contributed by atoms with Gasteiger partial charge in [0.15, 0.2) is 0 Å². The quantitative estimate of drug-likeness (QED) is 0.509. The number of epoxide rings is 1. The van der Waals surface area contributed by atoms with E-state index >= 15 is 0 Å². The van der Waals surface area contributed by atoms with Gasteiger partial charge in [0.05, 0.1) is 12.2 Å². The Morgan fingerprint density at radius 2 is 2.00 bits per heavy atom. The second-order valence-electron chi connectivity index (χ2n) is 3.83. The molecule has 0 aromatic heterocycles. The van der Waals surface area contributed by atoms with Crippen molar-refractivity contribution >= 4 is 0 Å². The van der Waals surface area contributed by atoms with E-state index in [4.69, 9.17) is 4.74 Å². The summed E-state index contributed by atoms with van der Waals surface area (Å²) in [6, 6.07) is 0. The van der Waals surface area contributed by atoms with Crippen molar-refractivity contribution in [1.29, 1.82) is 0 Å². The third kappa shape index (κ3) is 0.968. The van der Waals surface area contributed by atoms with Gasteiger partial charge in [-0.15, -0.1) is 0 Å². The number of hydrogen-bond acceptors (Lipinski definition) is 1. The van der Waals surface area contributed by atoms with E-state index in [2.05, 4.69) is 13.8 Å². The first-order chi connectivity index (χ1) is 4.81. The van der Waals surface area contributed by atoms with E-state index in [9.17, 15) is 0 Å². The first-order valence-electron chi connectivity index (χ1n) is 4.46. The summed E-state index contributed by atoms with van der Waals surface area (Å²) in [5.41, 5.74) is 0. The molecule has 0 N–H and O–H groups in total. The molecule has 0 aromatic rings. The van der Waals surface area contributed by atoms with Gasteiger partial charge in [0.1, 0.15) is 0 Å². The molecule has 2 rings (SSSR count). The van der Waals surface area contributed by atoms with Gasteiger partial charge in [-0.25, -0.2) is 0 Å². The first kappa shape index (κ1) is 6.66. The van der Waals surface area contributed by atoms with Crippen LogP contribution in [0.2, 0.25) is 0 Å². The van der Waals surface area contributed by atoms with Crippen molar-refractivity contribution in [3.05, 3.63) is 0 Å². The van der Waals surface area contributed by atoms with E-state index in [1.807, 2.05) is 0 Å². The summed E-state index contributed by atoms with van der Waals surface area (Å²) in [6.45, 7) is 4.66. The molecule has 1 aliphatic heterocycles. The zero-order chi connectivity index (χ0) is 7.14. The summed E-state index contributed by atoms with van der Waals surface area (Å²) in [5, 5.41) is 0. The van der Waals surface area contributed by atoms with Crippen LogP contribution in [0.3, 0.4) is 0 Å². The van der Waals surface area contributed by atoms with Crippen molar-refractivity contribution < 1.29 is 4.74 Å². The van der Waals surface area contributed by atoms with Crippen LogP contribution in [0.4, 0.5) is 0 Å². The van der Waals surface area contributed by atoms with Gasteiger partial charge < -0.3 is 4.74 Å². The lowest BCUT2D eigenvalue weighted by molar-refractivity contribution is 0.277. The van der Waals surface area contributed by atoms with Gasteiger partial charge in [0.2, 0.25) is 0 Å². The Labute approximate surface area is 62.8 Å². The molecule has 0 radical (unpaired) electrons. The highest BCUT2D eigenvalue weighted by atomic mass is 16.6. The summed E-state index contributed by atoms with van der Waals surface area (Å²) in [4.78, 5) is 0. The zero-order valence-electron chi connectivity index (χ0n) is 6.84. The van der Waals surface area contributed by atoms with Crippen LogP contribution in [-0.2, 0) is 4.74 Å². The van der Waals surface area contributed by atoms with Crippen molar-refractivity contribution in [2.45, 2.75) is 45.3 Å². The second kappa shape index (κ2) is 2.23.